The second-order valence-corrected chi connectivity index (χ2v) is 4.09. The molecule has 5 nitrogen and oxygen atoms in total. The van der Waals surface area contributed by atoms with E-state index in [4.69, 9.17) is 5.73 Å². The average molecular weight is 267 g/mol. The van der Waals surface area contributed by atoms with E-state index in [9.17, 15) is 8.78 Å². The predicted molar refractivity (Wildman–Crippen MR) is 62.5 cm³/mol. The molecule has 7 heteroatoms. The Balaban J connectivity index is 1.98. The van der Waals surface area contributed by atoms with Gasteiger partial charge < -0.3 is 19.8 Å². The van der Waals surface area contributed by atoms with Crippen LogP contribution in [0.2, 0.25) is 0 Å². The Hall–Kier alpha value is -2.15. The molecule has 0 atom stereocenters. The highest BCUT2D eigenvalue weighted by Gasteiger charge is 2.43. The number of nitrogens with zero attached hydrogens (tertiary/aromatic N) is 2. The molecule has 2 N–H and O–H groups in total. The van der Waals surface area contributed by atoms with Gasteiger partial charge in [0.1, 0.15) is 0 Å². The van der Waals surface area contributed by atoms with E-state index in [0.29, 0.717) is 18.7 Å². The van der Waals surface area contributed by atoms with Gasteiger partial charge in [0.2, 0.25) is 0 Å². The van der Waals surface area contributed by atoms with Crippen molar-refractivity contribution in [3.05, 3.63) is 36.4 Å². The fourth-order valence-corrected chi connectivity index (χ4v) is 1.98. The Bertz CT molecular complexity index is 613. The zero-order valence-electron chi connectivity index (χ0n) is 9.85. The number of benzene rings is 1. The molecular weight excluding hydrogens is 256 g/mol. The number of ether oxygens (including phenoxy) is 2. The van der Waals surface area contributed by atoms with Gasteiger partial charge in [0.15, 0.2) is 11.5 Å². The quantitative estimate of drug-likeness (QED) is 0.919. The number of fused-ring (bicyclic) bond motifs is 1. The SMILES string of the molecule is NCCc1cncn1-c1ccc2c(c1)OC(F)(F)O2. The summed E-state index contributed by atoms with van der Waals surface area (Å²) in [5, 5.41) is 0. The van der Waals surface area contributed by atoms with E-state index in [-0.39, 0.29) is 11.5 Å². The van der Waals surface area contributed by atoms with Gasteiger partial charge in [0.25, 0.3) is 0 Å². The highest BCUT2D eigenvalue weighted by atomic mass is 19.3. The van der Waals surface area contributed by atoms with Gasteiger partial charge in [-0.2, -0.15) is 0 Å². The minimum atomic E-state index is -3.60. The Labute approximate surface area is 107 Å². The minimum absolute atomic E-state index is 0.00917. The molecule has 0 saturated carbocycles. The third-order valence-electron chi connectivity index (χ3n) is 2.78. The largest absolute Gasteiger partial charge is 0.586 e. The van der Waals surface area contributed by atoms with Crippen molar-refractivity contribution < 1.29 is 18.3 Å². The van der Waals surface area contributed by atoms with Crippen molar-refractivity contribution in [3.63, 3.8) is 0 Å². The van der Waals surface area contributed by atoms with Crippen molar-refractivity contribution in [2.24, 2.45) is 5.73 Å². The molecule has 3 rings (SSSR count). The average Bonchev–Trinajstić information content (AvgIpc) is 2.90. The molecule has 2 aromatic rings. The molecule has 0 spiro atoms. The standard InChI is InChI=1S/C12H11F2N3O2/c13-12(14)18-10-2-1-8(5-11(10)19-12)17-7-16-6-9(17)3-4-15/h1-2,5-7H,3-4,15H2. The Morgan fingerprint density at radius 1 is 1.26 bits per heavy atom. The van der Waals surface area contributed by atoms with Crippen molar-refractivity contribution in [1.82, 2.24) is 9.55 Å². The zero-order valence-corrected chi connectivity index (χ0v) is 9.85. The maximum atomic E-state index is 12.9. The Kier molecular flexibility index (Phi) is 2.63. The monoisotopic (exact) mass is 267 g/mol. The zero-order chi connectivity index (χ0) is 13.5. The van der Waals surface area contributed by atoms with Gasteiger partial charge in [0.05, 0.1) is 12.0 Å². The normalized spacial score (nSPS) is 15.7. The van der Waals surface area contributed by atoms with E-state index >= 15 is 0 Å². The molecular formula is C12H11F2N3O2. The third kappa shape index (κ3) is 2.12. The molecule has 0 saturated heterocycles. The Morgan fingerprint density at radius 2 is 2.05 bits per heavy atom. The predicted octanol–water partition coefficient (Wildman–Crippen LogP) is 1.69. The second-order valence-electron chi connectivity index (χ2n) is 4.09. The number of hydrogen-bond acceptors (Lipinski definition) is 4. The van der Waals surface area contributed by atoms with Gasteiger partial charge in [-0.1, -0.05) is 0 Å². The highest BCUT2D eigenvalue weighted by Crippen LogP contribution is 2.41. The molecule has 19 heavy (non-hydrogen) atoms. The van der Waals surface area contributed by atoms with E-state index < -0.39 is 6.29 Å². The number of rotatable bonds is 3. The highest BCUT2D eigenvalue weighted by molar-refractivity contribution is 5.51. The first-order chi connectivity index (χ1) is 9.09. The summed E-state index contributed by atoms with van der Waals surface area (Å²) < 4.78 is 36.4. The lowest BCUT2D eigenvalue weighted by Gasteiger charge is -2.07. The first kappa shape index (κ1) is 11.9. The lowest BCUT2D eigenvalue weighted by Crippen LogP contribution is -2.25. The van der Waals surface area contributed by atoms with Gasteiger partial charge in [-0.25, -0.2) is 4.98 Å². The van der Waals surface area contributed by atoms with Crippen LogP contribution in [-0.2, 0) is 6.42 Å². The van der Waals surface area contributed by atoms with Crippen LogP contribution in [0.3, 0.4) is 0 Å². The van der Waals surface area contributed by atoms with Crippen molar-refractivity contribution >= 4 is 0 Å². The van der Waals surface area contributed by atoms with Crippen molar-refractivity contribution in [3.8, 4) is 17.2 Å². The first-order valence-electron chi connectivity index (χ1n) is 5.70. The number of hydrogen-bond donors (Lipinski definition) is 1. The van der Waals surface area contributed by atoms with E-state index in [1.165, 1.54) is 12.1 Å². The molecule has 0 aliphatic carbocycles. The molecule has 1 aromatic heterocycles. The van der Waals surface area contributed by atoms with Crippen LogP contribution in [0.25, 0.3) is 5.69 Å². The number of halogens is 2. The van der Waals surface area contributed by atoms with Crippen LogP contribution in [0.15, 0.2) is 30.7 Å². The van der Waals surface area contributed by atoms with Crippen LogP contribution >= 0.6 is 0 Å². The van der Waals surface area contributed by atoms with Gasteiger partial charge in [-0.15, -0.1) is 8.78 Å². The molecule has 1 aromatic carbocycles. The maximum absolute atomic E-state index is 12.9. The minimum Gasteiger partial charge on any atom is -0.395 e. The number of aromatic nitrogens is 2. The smallest absolute Gasteiger partial charge is 0.395 e. The third-order valence-corrected chi connectivity index (χ3v) is 2.78. The van der Waals surface area contributed by atoms with Crippen molar-refractivity contribution in [1.29, 1.82) is 0 Å². The molecule has 0 bridgehead atoms. The topological polar surface area (TPSA) is 62.3 Å². The van der Waals surface area contributed by atoms with Crippen LogP contribution in [0.4, 0.5) is 8.78 Å². The van der Waals surface area contributed by atoms with E-state index in [2.05, 4.69) is 14.5 Å². The van der Waals surface area contributed by atoms with Crippen LogP contribution in [0, 0.1) is 0 Å². The number of imidazole rings is 1. The van der Waals surface area contributed by atoms with Gasteiger partial charge in [0, 0.05) is 24.4 Å². The fraction of sp³-hybridized carbons (Fsp3) is 0.250. The van der Waals surface area contributed by atoms with Crippen LogP contribution in [-0.4, -0.2) is 22.4 Å². The van der Waals surface area contributed by atoms with Gasteiger partial charge >= 0.3 is 6.29 Å². The molecule has 0 unspecified atom stereocenters. The molecule has 1 aliphatic rings. The summed E-state index contributed by atoms with van der Waals surface area (Å²) in [6, 6.07) is 4.58. The first-order valence-corrected chi connectivity index (χ1v) is 5.70. The summed E-state index contributed by atoms with van der Waals surface area (Å²) in [6.07, 6.45) is 0.327. The van der Waals surface area contributed by atoms with Gasteiger partial charge in [-0.3, -0.25) is 0 Å². The summed E-state index contributed by atoms with van der Waals surface area (Å²) in [4.78, 5) is 4.03. The molecule has 0 fully saturated rings. The Morgan fingerprint density at radius 3 is 2.84 bits per heavy atom. The number of nitrogens with two attached hydrogens (primary N) is 1. The van der Waals surface area contributed by atoms with Crippen LogP contribution < -0.4 is 15.2 Å². The fourth-order valence-electron chi connectivity index (χ4n) is 1.98. The summed E-state index contributed by atoms with van der Waals surface area (Å²) in [5.41, 5.74) is 7.07. The second kappa shape index (κ2) is 4.20. The molecule has 0 radical (unpaired) electrons. The maximum Gasteiger partial charge on any atom is 0.586 e. The van der Waals surface area contributed by atoms with Crippen LogP contribution in [0.1, 0.15) is 5.69 Å². The lowest BCUT2D eigenvalue weighted by atomic mass is 10.2. The van der Waals surface area contributed by atoms with Gasteiger partial charge in [-0.05, 0) is 18.7 Å². The number of alkyl halides is 2. The van der Waals surface area contributed by atoms with Crippen molar-refractivity contribution in [2.45, 2.75) is 12.7 Å². The molecule has 100 valence electrons. The molecule has 1 aliphatic heterocycles. The lowest BCUT2D eigenvalue weighted by molar-refractivity contribution is -0.286. The van der Waals surface area contributed by atoms with E-state index in [0.717, 1.165) is 5.69 Å². The molecule has 0 amide bonds. The summed E-state index contributed by atoms with van der Waals surface area (Å²) in [5.74, 6) is 0.0316. The van der Waals surface area contributed by atoms with Crippen molar-refractivity contribution in [2.75, 3.05) is 6.54 Å². The summed E-state index contributed by atoms with van der Waals surface area (Å²) in [6.45, 7) is 0.480. The van der Waals surface area contributed by atoms with E-state index in [1.807, 2.05) is 0 Å². The van der Waals surface area contributed by atoms with E-state index in [1.54, 1.807) is 23.2 Å². The summed E-state index contributed by atoms with van der Waals surface area (Å²) in [7, 11) is 0. The molecule has 2 heterocycles. The van der Waals surface area contributed by atoms with Crippen LogP contribution in [0.5, 0.6) is 11.5 Å². The summed E-state index contributed by atoms with van der Waals surface area (Å²) >= 11 is 0.